The summed E-state index contributed by atoms with van der Waals surface area (Å²) in [4.78, 5) is 26.3. The molecule has 0 N–H and O–H groups in total. The summed E-state index contributed by atoms with van der Waals surface area (Å²) in [5.41, 5.74) is -0.245. The van der Waals surface area contributed by atoms with E-state index in [0.29, 0.717) is 0 Å². The first kappa shape index (κ1) is 11.5. The van der Waals surface area contributed by atoms with Gasteiger partial charge in [0.05, 0.1) is 19.2 Å². The van der Waals surface area contributed by atoms with Gasteiger partial charge in [-0.05, 0) is 6.07 Å². The summed E-state index contributed by atoms with van der Waals surface area (Å²) >= 11 is 5.76. The minimum absolute atomic E-state index is 0.0893. The quantitative estimate of drug-likeness (QED) is 0.716. The van der Waals surface area contributed by atoms with Crippen molar-refractivity contribution in [3.05, 3.63) is 28.5 Å². The van der Waals surface area contributed by atoms with Crippen molar-refractivity contribution in [3.63, 3.8) is 0 Å². The van der Waals surface area contributed by atoms with Crippen LogP contribution in [0.25, 0.3) is 0 Å². The van der Waals surface area contributed by atoms with Crippen LogP contribution in [-0.4, -0.2) is 31.1 Å². The maximum Gasteiger partial charge on any atom is 0.357 e. The molecule has 0 aliphatic carbocycles. The summed E-state index contributed by atoms with van der Waals surface area (Å²) in [7, 11) is 2.37. The summed E-state index contributed by atoms with van der Waals surface area (Å²) < 4.78 is 8.94. The highest BCUT2D eigenvalue weighted by molar-refractivity contribution is 6.34. The van der Waals surface area contributed by atoms with Gasteiger partial charge in [-0.2, -0.15) is 0 Å². The summed E-state index contributed by atoms with van der Waals surface area (Å²) in [5.74, 6) is -1.47. The van der Waals surface area contributed by atoms with Crippen LogP contribution in [0.4, 0.5) is 0 Å². The van der Waals surface area contributed by atoms with Gasteiger partial charge in [0.2, 0.25) is 0 Å². The van der Waals surface area contributed by atoms with E-state index in [1.165, 1.54) is 26.5 Å². The molecule has 0 aromatic carbocycles. The predicted molar refractivity (Wildman–Crippen MR) is 51.9 cm³/mol. The molecule has 0 radical (unpaired) electrons. The van der Waals surface area contributed by atoms with Crippen LogP contribution in [-0.2, 0) is 9.47 Å². The molecule has 0 unspecified atom stereocenters. The minimum atomic E-state index is -0.738. The highest BCUT2D eigenvalue weighted by Crippen LogP contribution is 2.19. The van der Waals surface area contributed by atoms with Gasteiger partial charge in [0, 0.05) is 6.20 Å². The lowest BCUT2D eigenvalue weighted by molar-refractivity contribution is 0.0550. The molecule has 0 bridgehead atoms. The van der Waals surface area contributed by atoms with E-state index in [1.54, 1.807) is 0 Å². The highest BCUT2D eigenvalue weighted by Gasteiger charge is 2.22. The lowest BCUT2D eigenvalue weighted by atomic mass is 10.2. The van der Waals surface area contributed by atoms with Crippen LogP contribution in [0.5, 0.6) is 0 Å². The largest absolute Gasteiger partial charge is 0.465 e. The molecule has 0 spiro atoms. The number of aromatic nitrogens is 1. The molecule has 80 valence electrons. The van der Waals surface area contributed by atoms with Crippen LogP contribution in [0.3, 0.4) is 0 Å². The number of hydrogen-bond donors (Lipinski definition) is 0. The van der Waals surface area contributed by atoms with E-state index in [4.69, 9.17) is 11.6 Å². The minimum Gasteiger partial charge on any atom is -0.465 e. The van der Waals surface area contributed by atoms with Gasteiger partial charge in [0.1, 0.15) is 5.56 Å². The molecule has 15 heavy (non-hydrogen) atoms. The van der Waals surface area contributed by atoms with Crippen molar-refractivity contribution in [1.82, 2.24) is 4.98 Å². The van der Waals surface area contributed by atoms with Crippen molar-refractivity contribution in [3.8, 4) is 0 Å². The molecule has 1 aromatic rings. The number of esters is 2. The first-order chi connectivity index (χ1) is 7.11. The average Bonchev–Trinajstić information content (AvgIpc) is 2.26. The molecule has 6 heteroatoms. The zero-order valence-corrected chi connectivity index (χ0v) is 8.87. The number of halogens is 1. The number of carbonyl (C=O) groups is 2. The Bertz CT molecular complexity index is 405. The van der Waals surface area contributed by atoms with Crippen molar-refractivity contribution in [2.24, 2.45) is 0 Å². The second-order valence-electron chi connectivity index (χ2n) is 2.50. The van der Waals surface area contributed by atoms with E-state index in [-0.39, 0.29) is 16.3 Å². The number of pyridine rings is 1. The number of rotatable bonds is 2. The molecule has 5 nitrogen and oxygen atoms in total. The Balaban J connectivity index is 3.32. The first-order valence-electron chi connectivity index (χ1n) is 3.93. The third kappa shape index (κ3) is 2.24. The number of carbonyl (C=O) groups excluding carboxylic acids is 2. The van der Waals surface area contributed by atoms with Crippen LogP contribution >= 0.6 is 11.6 Å². The van der Waals surface area contributed by atoms with Crippen LogP contribution < -0.4 is 0 Å². The smallest absolute Gasteiger partial charge is 0.357 e. The summed E-state index contributed by atoms with van der Waals surface area (Å²) in [6.07, 6.45) is 1.31. The molecule has 0 saturated heterocycles. The number of ether oxygens (including phenoxy) is 2. The van der Waals surface area contributed by atoms with E-state index in [1.807, 2.05) is 0 Å². The highest BCUT2D eigenvalue weighted by atomic mass is 35.5. The molecule has 0 amide bonds. The first-order valence-corrected chi connectivity index (χ1v) is 4.30. The Labute approximate surface area is 91.0 Å². The van der Waals surface area contributed by atoms with Gasteiger partial charge >= 0.3 is 11.9 Å². The number of nitrogens with zero attached hydrogens (tertiary/aromatic N) is 1. The van der Waals surface area contributed by atoms with Crippen molar-refractivity contribution in [1.29, 1.82) is 0 Å². The lowest BCUT2D eigenvalue weighted by Gasteiger charge is -2.06. The Morgan fingerprint density at radius 2 is 1.87 bits per heavy atom. The standard InChI is InChI=1S/C9H8ClNO4/c1-14-8(12)6-5(10)3-4-11-7(6)9(13)15-2/h3-4H,1-2H3. The molecule has 0 atom stereocenters. The molecule has 0 aliphatic rings. The second kappa shape index (κ2) is 4.75. The van der Waals surface area contributed by atoms with Crippen LogP contribution in [0.15, 0.2) is 12.3 Å². The van der Waals surface area contributed by atoms with Gasteiger partial charge in [-0.1, -0.05) is 11.6 Å². The summed E-state index contributed by atoms with van der Waals surface area (Å²) in [5, 5.41) is 0.0947. The average molecular weight is 230 g/mol. The molecular weight excluding hydrogens is 222 g/mol. The normalized spacial score (nSPS) is 9.53. The summed E-state index contributed by atoms with van der Waals surface area (Å²) in [6.45, 7) is 0. The second-order valence-corrected chi connectivity index (χ2v) is 2.91. The third-order valence-corrected chi connectivity index (χ3v) is 1.98. The van der Waals surface area contributed by atoms with Crippen molar-refractivity contribution < 1.29 is 19.1 Å². The van der Waals surface area contributed by atoms with Gasteiger partial charge in [-0.15, -0.1) is 0 Å². The van der Waals surface area contributed by atoms with Gasteiger partial charge in [-0.25, -0.2) is 14.6 Å². The monoisotopic (exact) mass is 229 g/mol. The molecule has 1 rings (SSSR count). The van der Waals surface area contributed by atoms with E-state index in [0.717, 1.165) is 0 Å². The number of hydrogen-bond acceptors (Lipinski definition) is 5. The zero-order chi connectivity index (χ0) is 11.4. The van der Waals surface area contributed by atoms with E-state index in [9.17, 15) is 9.59 Å². The molecule has 0 aliphatic heterocycles. The van der Waals surface area contributed by atoms with Gasteiger partial charge < -0.3 is 9.47 Å². The van der Waals surface area contributed by atoms with Crippen molar-refractivity contribution >= 4 is 23.5 Å². The third-order valence-electron chi connectivity index (χ3n) is 1.67. The van der Waals surface area contributed by atoms with E-state index in [2.05, 4.69) is 14.5 Å². The fourth-order valence-corrected chi connectivity index (χ4v) is 1.21. The van der Waals surface area contributed by atoms with Crippen LogP contribution in [0.2, 0.25) is 5.02 Å². The zero-order valence-electron chi connectivity index (χ0n) is 8.11. The van der Waals surface area contributed by atoms with E-state index < -0.39 is 11.9 Å². The molecule has 0 saturated carbocycles. The van der Waals surface area contributed by atoms with Crippen LogP contribution in [0, 0.1) is 0 Å². The molecule has 0 fully saturated rings. The molecular formula is C9H8ClNO4. The number of methoxy groups -OCH3 is 2. The van der Waals surface area contributed by atoms with Crippen molar-refractivity contribution in [2.75, 3.05) is 14.2 Å². The molecule has 1 aromatic heterocycles. The fraction of sp³-hybridized carbons (Fsp3) is 0.222. The van der Waals surface area contributed by atoms with Gasteiger partial charge in [0.25, 0.3) is 0 Å². The van der Waals surface area contributed by atoms with Crippen molar-refractivity contribution in [2.45, 2.75) is 0 Å². The SMILES string of the molecule is COC(=O)c1nccc(Cl)c1C(=O)OC. The Hall–Kier alpha value is -1.62. The van der Waals surface area contributed by atoms with E-state index >= 15 is 0 Å². The maximum absolute atomic E-state index is 11.3. The lowest BCUT2D eigenvalue weighted by Crippen LogP contribution is -2.14. The Morgan fingerprint density at radius 1 is 1.27 bits per heavy atom. The topological polar surface area (TPSA) is 65.5 Å². The van der Waals surface area contributed by atoms with Crippen LogP contribution in [0.1, 0.15) is 20.8 Å². The van der Waals surface area contributed by atoms with Gasteiger partial charge in [-0.3, -0.25) is 0 Å². The maximum atomic E-state index is 11.3. The Kier molecular flexibility index (Phi) is 3.62. The van der Waals surface area contributed by atoms with Gasteiger partial charge in [0.15, 0.2) is 5.69 Å². The summed E-state index contributed by atoms with van der Waals surface area (Å²) in [6, 6.07) is 1.39. The fourth-order valence-electron chi connectivity index (χ4n) is 0.986. The molecule has 1 heterocycles. The predicted octanol–water partition coefficient (Wildman–Crippen LogP) is 1.31. The Morgan fingerprint density at radius 3 is 2.40 bits per heavy atom.